The van der Waals surface area contributed by atoms with E-state index in [0.29, 0.717) is 5.88 Å². The lowest BCUT2D eigenvalue weighted by Crippen LogP contribution is -3.00. The summed E-state index contributed by atoms with van der Waals surface area (Å²) in [4.78, 5) is 27.8. The molecule has 112 valence electrons. The standard InChI is InChI=1S/C12H15ClN2O3S.ClH/c1-3-6(2)14-9-10(16)15-8(12(17)18)4-7(5-13)19-11(9)15;/h4,7,9,11H,3,5H2,1-2H3,(H,17,18);1H/t7?,9-,11-;/m1./s1. The Labute approximate surface area is 132 Å². The van der Waals surface area contributed by atoms with E-state index in [1.54, 1.807) is 6.08 Å². The zero-order valence-corrected chi connectivity index (χ0v) is 13.4. The van der Waals surface area contributed by atoms with E-state index in [2.05, 4.69) is 4.99 Å². The number of carboxylic acid groups (broad SMARTS) is 1. The second-order valence-electron chi connectivity index (χ2n) is 4.54. The van der Waals surface area contributed by atoms with Crippen LogP contribution in [-0.4, -0.2) is 50.1 Å². The summed E-state index contributed by atoms with van der Waals surface area (Å²) in [6.07, 6.45) is 2.39. The van der Waals surface area contributed by atoms with Crippen molar-refractivity contribution in [3.63, 3.8) is 0 Å². The summed E-state index contributed by atoms with van der Waals surface area (Å²) in [5.74, 6) is -0.932. The van der Waals surface area contributed by atoms with Crippen molar-refractivity contribution in [3.8, 4) is 0 Å². The molecule has 8 heteroatoms. The normalized spacial score (nSPS) is 29.1. The molecule has 2 N–H and O–H groups in total. The number of hydrogen-bond donors (Lipinski definition) is 2. The molecule has 0 saturated carbocycles. The first kappa shape index (κ1) is 17.3. The van der Waals surface area contributed by atoms with E-state index >= 15 is 0 Å². The van der Waals surface area contributed by atoms with Gasteiger partial charge in [-0.25, -0.2) is 9.79 Å². The Morgan fingerprint density at radius 1 is 1.60 bits per heavy atom. The second kappa shape index (κ2) is 6.83. The van der Waals surface area contributed by atoms with Gasteiger partial charge in [0.2, 0.25) is 0 Å². The van der Waals surface area contributed by atoms with Gasteiger partial charge in [-0.3, -0.25) is 9.69 Å². The Balaban J connectivity index is 0.00000200. The van der Waals surface area contributed by atoms with Crippen LogP contribution in [0.3, 0.4) is 0 Å². The molecule has 0 aliphatic carbocycles. The average Bonchev–Trinajstić information content (AvgIpc) is 2.42. The number of rotatable bonds is 4. The van der Waals surface area contributed by atoms with Gasteiger partial charge < -0.3 is 17.5 Å². The molecule has 0 aromatic heterocycles. The predicted molar refractivity (Wildman–Crippen MR) is 74.2 cm³/mol. The van der Waals surface area contributed by atoms with Gasteiger partial charge in [0, 0.05) is 24.5 Å². The van der Waals surface area contributed by atoms with Crippen LogP contribution in [0.2, 0.25) is 0 Å². The van der Waals surface area contributed by atoms with Crippen LogP contribution in [-0.2, 0) is 9.59 Å². The number of nitrogens with one attached hydrogen (secondary N) is 1. The number of alkyl halides is 1. The fourth-order valence-corrected chi connectivity index (χ4v) is 3.72. The number of nitrogens with zero attached hydrogens (tertiary/aromatic N) is 1. The third-order valence-electron chi connectivity index (χ3n) is 3.26. The van der Waals surface area contributed by atoms with E-state index < -0.39 is 5.97 Å². The molecule has 3 atom stereocenters. The number of β-lactam (4-membered cyclic amide) rings is 1. The summed E-state index contributed by atoms with van der Waals surface area (Å²) in [5.41, 5.74) is 1.07. The molecule has 1 unspecified atom stereocenters. The number of aliphatic carboxylic acids is 1. The first-order valence-electron chi connectivity index (χ1n) is 6.08. The van der Waals surface area contributed by atoms with Crippen molar-refractivity contribution in [3.05, 3.63) is 11.8 Å². The fourth-order valence-electron chi connectivity index (χ4n) is 2.09. The SMILES string of the molecule is CCC(C)=[NH+][C@@H]1C(=O)N2C(C(=O)O)=CC(CCl)S[C@H]12.[Cl-]. The lowest BCUT2D eigenvalue weighted by molar-refractivity contribution is -0.504. The van der Waals surface area contributed by atoms with Gasteiger partial charge in [-0.15, -0.1) is 23.4 Å². The fraction of sp³-hybridized carbons (Fsp3) is 0.583. The third-order valence-corrected chi connectivity index (χ3v) is 5.19. The first-order valence-corrected chi connectivity index (χ1v) is 7.55. The maximum Gasteiger partial charge on any atom is 0.352 e. The largest absolute Gasteiger partial charge is 1.00 e. The first-order chi connectivity index (χ1) is 8.99. The van der Waals surface area contributed by atoms with Crippen LogP contribution in [0.25, 0.3) is 0 Å². The van der Waals surface area contributed by atoms with Crippen molar-refractivity contribution in [2.24, 2.45) is 0 Å². The van der Waals surface area contributed by atoms with Crippen molar-refractivity contribution in [1.29, 1.82) is 0 Å². The Hall–Kier alpha value is -0.720. The van der Waals surface area contributed by atoms with Crippen LogP contribution in [0.4, 0.5) is 0 Å². The predicted octanol–water partition coefficient (Wildman–Crippen LogP) is -3.20. The third kappa shape index (κ3) is 2.97. The van der Waals surface area contributed by atoms with Crippen LogP contribution < -0.4 is 17.4 Å². The molecule has 0 radical (unpaired) electrons. The molecule has 0 aromatic carbocycles. The molecule has 0 bridgehead atoms. The molecule has 20 heavy (non-hydrogen) atoms. The average molecular weight is 339 g/mol. The second-order valence-corrected chi connectivity index (χ2v) is 6.21. The molecule has 2 heterocycles. The molecule has 2 aliphatic heterocycles. The van der Waals surface area contributed by atoms with Crippen molar-refractivity contribution >= 4 is 41.0 Å². The topological polar surface area (TPSA) is 71.6 Å². The minimum absolute atomic E-state index is 0. The van der Waals surface area contributed by atoms with Crippen LogP contribution >= 0.6 is 23.4 Å². The van der Waals surface area contributed by atoms with Crippen molar-refractivity contribution in [2.45, 2.75) is 36.9 Å². The van der Waals surface area contributed by atoms with Gasteiger partial charge in [-0.05, 0) is 6.08 Å². The van der Waals surface area contributed by atoms with Gasteiger partial charge in [0.15, 0.2) is 5.37 Å². The van der Waals surface area contributed by atoms with Gasteiger partial charge in [0.1, 0.15) is 11.4 Å². The quantitative estimate of drug-likeness (QED) is 0.322. The van der Waals surface area contributed by atoms with Crippen molar-refractivity contribution in [1.82, 2.24) is 4.90 Å². The molecule has 1 fully saturated rings. The van der Waals surface area contributed by atoms with E-state index in [1.807, 2.05) is 13.8 Å². The van der Waals surface area contributed by atoms with Crippen LogP contribution in [0.1, 0.15) is 20.3 Å². The number of carbonyl (C=O) groups excluding carboxylic acids is 1. The van der Waals surface area contributed by atoms with E-state index in [1.165, 1.54) is 16.7 Å². The zero-order valence-electron chi connectivity index (χ0n) is 11.1. The van der Waals surface area contributed by atoms with Gasteiger partial charge in [-0.1, -0.05) is 6.92 Å². The van der Waals surface area contributed by atoms with Crippen LogP contribution in [0.15, 0.2) is 11.8 Å². The molecule has 5 nitrogen and oxygen atoms in total. The Bertz CT molecular complexity index is 481. The van der Waals surface area contributed by atoms with E-state index in [-0.39, 0.29) is 40.7 Å². The van der Waals surface area contributed by atoms with Crippen molar-refractivity contribution < 1.29 is 32.1 Å². The Kier molecular flexibility index (Phi) is 5.91. The van der Waals surface area contributed by atoms with Gasteiger partial charge in [-0.2, -0.15) is 0 Å². The number of amides is 1. The summed E-state index contributed by atoms with van der Waals surface area (Å²) in [6.45, 7) is 3.93. The molecule has 0 spiro atoms. The lowest BCUT2D eigenvalue weighted by atomic mass is 10.0. The van der Waals surface area contributed by atoms with Crippen LogP contribution in [0.5, 0.6) is 0 Å². The molecule has 2 rings (SSSR count). The monoisotopic (exact) mass is 338 g/mol. The minimum atomic E-state index is -1.08. The van der Waals surface area contributed by atoms with Gasteiger partial charge in [0.25, 0.3) is 11.9 Å². The molecular weight excluding hydrogens is 323 g/mol. The van der Waals surface area contributed by atoms with Gasteiger partial charge >= 0.3 is 5.97 Å². The molecule has 0 aromatic rings. The summed E-state index contributed by atoms with van der Waals surface area (Å²) >= 11 is 7.34. The highest BCUT2D eigenvalue weighted by molar-refractivity contribution is 8.01. The highest BCUT2D eigenvalue weighted by Crippen LogP contribution is 2.39. The maximum atomic E-state index is 12.1. The number of fused-ring (bicyclic) bond motifs is 1. The number of hydrogen-bond acceptors (Lipinski definition) is 3. The maximum absolute atomic E-state index is 12.1. The van der Waals surface area contributed by atoms with Crippen LogP contribution in [0, 0.1) is 0 Å². The summed E-state index contributed by atoms with van der Waals surface area (Å²) in [6, 6.07) is -0.348. The number of thioether (sulfide) groups is 1. The zero-order chi connectivity index (χ0) is 14.2. The van der Waals surface area contributed by atoms with E-state index in [4.69, 9.17) is 16.7 Å². The molecule has 1 amide bonds. The summed E-state index contributed by atoms with van der Waals surface area (Å²) in [5, 5.41) is 8.90. The van der Waals surface area contributed by atoms with E-state index in [0.717, 1.165) is 12.1 Å². The van der Waals surface area contributed by atoms with Gasteiger partial charge in [0.05, 0.1) is 0 Å². The number of halogens is 2. The van der Waals surface area contributed by atoms with E-state index in [9.17, 15) is 9.59 Å². The smallest absolute Gasteiger partial charge is 0.352 e. The lowest BCUT2D eigenvalue weighted by Gasteiger charge is -2.45. The molecule has 2 aliphatic rings. The van der Waals surface area contributed by atoms with Crippen molar-refractivity contribution in [2.75, 3.05) is 5.88 Å². The summed E-state index contributed by atoms with van der Waals surface area (Å²) < 4.78 is 0. The highest BCUT2D eigenvalue weighted by atomic mass is 35.5. The number of carbonyl (C=O) groups is 2. The Morgan fingerprint density at radius 3 is 2.75 bits per heavy atom. The summed E-state index contributed by atoms with van der Waals surface area (Å²) in [7, 11) is 0. The molecule has 1 saturated heterocycles. The minimum Gasteiger partial charge on any atom is -1.00 e. The Morgan fingerprint density at radius 2 is 2.25 bits per heavy atom. The number of carboxylic acids is 1. The highest BCUT2D eigenvalue weighted by Gasteiger charge is 2.57. The molecular formula is C12H16Cl2N2O3S.